The van der Waals surface area contributed by atoms with Gasteiger partial charge in [-0.1, -0.05) is 0 Å². The van der Waals surface area contributed by atoms with Crippen LogP contribution in [-0.4, -0.2) is 23.0 Å². The molecule has 6 heteroatoms. The van der Waals surface area contributed by atoms with E-state index in [0.29, 0.717) is 4.88 Å². The van der Waals surface area contributed by atoms with Crippen molar-refractivity contribution in [2.75, 3.05) is 7.05 Å². The van der Waals surface area contributed by atoms with Crippen LogP contribution < -0.4 is 0 Å². The molecule has 0 unspecified atom stereocenters. The Balaban J connectivity index is 1.94. The van der Waals surface area contributed by atoms with Crippen LogP contribution in [0.4, 0.5) is 0 Å². The standard InChI is InChI=1S/C12H12BrNO2S2/c1-14(5-8-4-11(13)17-7-8)6-9-2-3-10(18-9)12(15)16/h2-4,7H,5-6H2,1H3,(H,15,16). The summed E-state index contributed by atoms with van der Waals surface area (Å²) >= 11 is 6.46. The van der Waals surface area contributed by atoms with Gasteiger partial charge in [-0.15, -0.1) is 22.7 Å². The van der Waals surface area contributed by atoms with Gasteiger partial charge in [-0.2, -0.15) is 0 Å². The fourth-order valence-electron chi connectivity index (χ4n) is 1.64. The van der Waals surface area contributed by atoms with Gasteiger partial charge in [0.1, 0.15) is 4.88 Å². The molecule has 2 heterocycles. The van der Waals surface area contributed by atoms with Crippen LogP contribution in [0.1, 0.15) is 20.1 Å². The predicted octanol–water partition coefficient (Wildman–Crippen LogP) is 3.90. The molecule has 3 nitrogen and oxygen atoms in total. The number of nitrogens with zero attached hydrogens (tertiary/aromatic N) is 1. The van der Waals surface area contributed by atoms with Crippen LogP contribution in [-0.2, 0) is 13.1 Å². The zero-order chi connectivity index (χ0) is 13.1. The van der Waals surface area contributed by atoms with E-state index in [0.717, 1.165) is 21.8 Å². The largest absolute Gasteiger partial charge is 0.477 e. The summed E-state index contributed by atoms with van der Waals surface area (Å²) in [6, 6.07) is 5.66. The average Bonchev–Trinajstić information content (AvgIpc) is 2.88. The Kier molecular flexibility index (Phi) is 4.55. The highest BCUT2D eigenvalue weighted by molar-refractivity contribution is 9.11. The minimum atomic E-state index is -0.851. The summed E-state index contributed by atoms with van der Waals surface area (Å²) in [5.41, 5.74) is 1.27. The molecule has 1 N–H and O–H groups in total. The molecule has 0 aliphatic heterocycles. The zero-order valence-electron chi connectivity index (χ0n) is 9.72. The first-order valence-corrected chi connectivity index (χ1v) is 7.77. The number of aromatic carboxylic acids is 1. The maximum Gasteiger partial charge on any atom is 0.345 e. The first kappa shape index (κ1) is 13.7. The number of halogens is 1. The number of carbonyl (C=O) groups is 1. The van der Waals surface area contributed by atoms with Crippen molar-refractivity contribution in [2.45, 2.75) is 13.1 Å². The molecule has 0 aliphatic rings. The molecule has 0 aromatic carbocycles. The maximum atomic E-state index is 10.8. The molecule has 0 bridgehead atoms. The van der Waals surface area contributed by atoms with Gasteiger partial charge in [-0.3, -0.25) is 4.90 Å². The molecule has 0 spiro atoms. The van der Waals surface area contributed by atoms with E-state index >= 15 is 0 Å². The van der Waals surface area contributed by atoms with E-state index in [9.17, 15) is 4.79 Å². The molecule has 2 aromatic heterocycles. The van der Waals surface area contributed by atoms with Crippen LogP contribution in [0.15, 0.2) is 27.4 Å². The molecular weight excluding hydrogens is 334 g/mol. The lowest BCUT2D eigenvalue weighted by molar-refractivity contribution is 0.0702. The Morgan fingerprint density at radius 3 is 2.78 bits per heavy atom. The van der Waals surface area contributed by atoms with Gasteiger partial charge in [-0.25, -0.2) is 4.79 Å². The summed E-state index contributed by atoms with van der Waals surface area (Å²) in [6.45, 7) is 1.63. The Hall–Kier alpha value is -0.690. The second-order valence-corrected chi connectivity index (χ2v) is 7.46. The lowest BCUT2D eigenvalue weighted by Gasteiger charge is -2.14. The Morgan fingerprint density at radius 1 is 1.44 bits per heavy atom. The highest BCUT2D eigenvalue weighted by Gasteiger charge is 2.09. The molecule has 0 amide bonds. The van der Waals surface area contributed by atoms with Crippen molar-refractivity contribution in [2.24, 2.45) is 0 Å². The van der Waals surface area contributed by atoms with Gasteiger partial charge >= 0.3 is 5.97 Å². The number of thiophene rings is 2. The minimum Gasteiger partial charge on any atom is -0.477 e. The lowest BCUT2D eigenvalue weighted by Crippen LogP contribution is -2.15. The number of hydrogen-bond donors (Lipinski definition) is 1. The summed E-state index contributed by atoms with van der Waals surface area (Å²) in [5, 5.41) is 11.0. The van der Waals surface area contributed by atoms with Crippen LogP contribution in [0.25, 0.3) is 0 Å². The summed E-state index contributed by atoms with van der Waals surface area (Å²) in [4.78, 5) is 14.4. The van der Waals surface area contributed by atoms with Crippen molar-refractivity contribution in [3.8, 4) is 0 Å². The normalized spacial score (nSPS) is 11.1. The molecule has 0 radical (unpaired) electrons. The fourth-order valence-corrected chi connectivity index (χ4v) is 3.77. The Morgan fingerprint density at radius 2 is 2.22 bits per heavy atom. The van der Waals surface area contributed by atoms with Crippen LogP contribution in [0, 0.1) is 0 Å². The minimum absolute atomic E-state index is 0.400. The van der Waals surface area contributed by atoms with Crippen molar-refractivity contribution in [3.05, 3.63) is 42.7 Å². The summed E-state index contributed by atoms with van der Waals surface area (Å²) in [6.07, 6.45) is 0. The summed E-state index contributed by atoms with van der Waals surface area (Å²) in [7, 11) is 2.03. The molecule has 18 heavy (non-hydrogen) atoms. The number of rotatable bonds is 5. The molecule has 0 fully saturated rings. The SMILES string of the molecule is CN(Cc1csc(Br)c1)Cc1ccc(C(=O)O)s1. The van der Waals surface area contributed by atoms with E-state index in [4.69, 9.17) is 5.11 Å². The van der Waals surface area contributed by atoms with E-state index in [1.54, 1.807) is 17.4 Å². The van der Waals surface area contributed by atoms with Gasteiger partial charge in [-0.05, 0) is 52.1 Å². The second-order valence-electron chi connectivity index (χ2n) is 4.00. The Labute approximate surface area is 122 Å². The molecule has 2 aromatic rings. The molecule has 0 saturated heterocycles. The van der Waals surface area contributed by atoms with Gasteiger partial charge < -0.3 is 5.11 Å². The third-order valence-corrected chi connectivity index (χ3v) is 4.98. The number of carboxylic acid groups (broad SMARTS) is 1. The lowest BCUT2D eigenvalue weighted by atomic mass is 10.3. The highest BCUT2D eigenvalue weighted by Crippen LogP contribution is 2.23. The smallest absolute Gasteiger partial charge is 0.345 e. The third-order valence-electron chi connectivity index (χ3n) is 2.37. The summed E-state index contributed by atoms with van der Waals surface area (Å²) < 4.78 is 1.13. The number of carboxylic acids is 1. The summed E-state index contributed by atoms with van der Waals surface area (Å²) in [5.74, 6) is -0.851. The van der Waals surface area contributed by atoms with E-state index in [2.05, 4.69) is 32.3 Å². The van der Waals surface area contributed by atoms with Crippen molar-refractivity contribution >= 4 is 44.6 Å². The van der Waals surface area contributed by atoms with Crippen LogP contribution in [0.3, 0.4) is 0 Å². The Bertz CT molecular complexity index is 550. The van der Waals surface area contributed by atoms with Crippen molar-refractivity contribution in [1.29, 1.82) is 0 Å². The first-order valence-electron chi connectivity index (χ1n) is 5.28. The van der Waals surface area contributed by atoms with Gasteiger partial charge in [0.05, 0.1) is 3.79 Å². The van der Waals surface area contributed by atoms with Crippen LogP contribution >= 0.6 is 38.6 Å². The number of hydrogen-bond acceptors (Lipinski definition) is 4. The third kappa shape index (κ3) is 3.65. The van der Waals surface area contributed by atoms with E-state index in [-0.39, 0.29) is 0 Å². The predicted molar refractivity (Wildman–Crippen MR) is 78.5 cm³/mol. The van der Waals surface area contributed by atoms with E-state index in [1.165, 1.54) is 16.9 Å². The van der Waals surface area contributed by atoms with E-state index < -0.39 is 5.97 Å². The topological polar surface area (TPSA) is 40.5 Å². The van der Waals surface area contributed by atoms with Crippen molar-refractivity contribution < 1.29 is 9.90 Å². The van der Waals surface area contributed by atoms with Crippen molar-refractivity contribution in [1.82, 2.24) is 4.90 Å². The molecule has 0 atom stereocenters. The zero-order valence-corrected chi connectivity index (χ0v) is 12.9. The monoisotopic (exact) mass is 345 g/mol. The second kappa shape index (κ2) is 5.97. The maximum absolute atomic E-state index is 10.8. The molecule has 2 rings (SSSR count). The van der Waals surface area contributed by atoms with Crippen LogP contribution in [0.5, 0.6) is 0 Å². The van der Waals surface area contributed by atoms with Gasteiger partial charge in [0.2, 0.25) is 0 Å². The highest BCUT2D eigenvalue weighted by atomic mass is 79.9. The quantitative estimate of drug-likeness (QED) is 0.893. The van der Waals surface area contributed by atoms with E-state index in [1.807, 2.05) is 13.1 Å². The van der Waals surface area contributed by atoms with Gasteiger partial charge in [0.15, 0.2) is 0 Å². The molecular formula is C12H12BrNO2S2. The first-order chi connectivity index (χ1) is 8.54. The molecule has 0 aliphatic carbocycles. The average molecular weight is 346 g/mol. The fraction of sp³-hybridized carbons (Fsp3) is 0.250. The van der Waals surface area contributed by atoms with Crippen molar-refractivity contribution in [3.63, 3.8) is 0 Å². The van der Waals surface area contributed by atoms with Gasteiger partial charge in [0.25, 0.3) is 0 Å². The molecule has 96 valence electrons. The van der Waals surface area contributed by atoms with Crippen LogP contribution in [0.2, 0.25) is 0 Å². The molecule has 0 saturated carbocycles. The van der Waals surface area contributed by atoms with Gasteiger partial charge in [0, 0.05) is 18.0 Å².